The fourth-order valence-electron chi connectivity index (χ4n) is 3.04. The molecule has 0 spiro atoms. The Morgan fingerprint density at radius 3 is 2.76 bits per heavy atom. The summed E-state index contributed by atoms with van der Waals surface area (Å²) in [5, 5.41) is 3.75. The Morgan fingerprint density at radius 1 is 1.43 bits per heavy atom. The van der Waals surface area contributed by atoms with Crippen molar-refractivity contribution in [3.63, 3.8) is 0 Å². The van der Waals surface area contributed by atoms with Crippen molar-refractivity contribution in [3.05, 3.63) is 47.0 Å². The minimum Gasteiger partial charge on any atom is -0.311 e. The third-order valence-corrected chi connectivity index (χ3v) is 4.97. The van der Waals surface area contributed by atoms with E-state index in [1.807, 2.05) is 0 Å². The van der Waals surface area contributed by atoms with E-state index >= 15 is 0 Å². The number of hydrogen-bond donors (Lipinski definition) is 1. The first-order valence-corrected chi connectivity index (χ1v) is 8.37. The topological polar surface area (TPSA) is 15.3 Å². The minimum atomic E-state index is 0.429. The van der Waals surface area contributed by atoms with Gasteiger partial charge < -0.3 is 5.32 Å². The van der Waals surface area contributed by atoms with Crippen LogP contribution in [0.25, 0.3) is 0 Å². The van der Waals surface area contributed by atoms with Crippen LogP contribution in [0.1, 0.15) is 38.8 Å². The second kappa shape index (κ2) is 7.98. The maximum atomic E-state index is 5.89. The highest BCUT2D eigenvalue weighted by Gasteiger charge is 2.30. The van der Waals surface area contributed by atoms with Crippen molar-refractivity contribution in [1.29, 1.82) is 0 Å². The first-order valence-electron chi connectivity index (χ1n) is 7.94. The van der Waals surface area contributed by atoms with Gasteiger partial charge in [-0.15, -0.1) is 0 Å². The standard InChI is InChI=1S/C18H27ClN2/c1-4-15(3)17-13-21(12-14(2)10-19)18(11-20-17)16-8-6-5-7-9-16/h5-10,15,17-18,20H,4,11-13H2,1-3H3/b14-10+. The summed E-state index contributed by atoms with van der Waals surface area (Å²) in [6, 6.07) is 11.8. The van der Waals surface area contributed by atoms with Crippen LogP contribution >= 0.6 is 11.6 Å². The summed E-state index contributed by atoms with van der Waals surface area (Å²) in [6.45, 7) is 9.74. The van der Waals surface area contributed by atoms with Gasteiger partial charge in [0.15, 0.2) is 0 Å². The van der Waals surface area contributed by atoms with Crippen LogP contribution < -0.4 is 5.32 Å². The Bertz CT molecular complexity index is 458. The van der Waals surface area contributed by atoms with Gasteiger partial charge in [-0.25, -0.2) is 0 Å². The molecule has 1 aromatic rings. The van der Waals surface area contributed by atoms with Crippen molar-refractivity contribution in [1.82, 2.24) is 10.2 Å². The molecule has 1 aliphatic heterocycles. The van der Waals surface area contributed by atoms with Gasteiger partial charge in [0.25, 0.3) is 0 Å². The predicted octanol–water partition coefficient (Wildman–Crippen LogP) is 4.19. The Labute approximate surface area is 134 Å². The van der Waals surface area contributed by atoms with Crippen molar-refractivity contribution in [2.45, 2.75) is 39.3 Å². The zero-order chi connectivity index (χ0) is 15.2. The fraction of sp³-hybridized carbons (Fsp3) is 0.556. The summed E-state index contributed by atoms with van der Waals surface area (Å²) in [7, 11) is 0. The molecular weight excluding hydrogens is 280 g/mol. The molecule has 0 amide bonds. The molecule has 1 heterocycles. The number of piperazine rings is 1. The van der Waals surface area contributed by atoms with Crippen LogP contribution in [-0.2, 0) is 0 Å². The second-order valence-corrected chi connectivity index (χ2v) is 6.43. The van der Waals surface area contributed by atoms with Crippen LogP contribution in [0.4, 0.5) is 0 Å². The zero-order valence-electron chi connectivity index (χ0n) is 13.3. The van der Waals surface area contributed by atoms with Crippen molar-refractivity contribution < 1.29 is 0 Å². The van der Waals surface area contributed by atoms with Gasteiger partial charge in [0.05, 0.1) is 0 Å². The summed E-state index contributed by atoms with van der Waals surface area (Å²) in [4.78, 5) is 2.57. The quantitative estimate of drug-likeness (QED) is 0.877. The molecule has 0 aromatic heterocycles. The smallest absolute Gasteiger partial charge is 0.0476 e. The van der Waals surface area contributed by atoms with E-state index in [1.165, 1.54) is 17.6 Å². The second-order valence-electron chi connectivity index (χ2n) is 6.21. The lowest BCUT2D eigenvalue weighted by molar-refractivity contribution is 0.119. The minimum absolute atomic E-state index is 0.429. The number of benzene rings is 1. The molecule has 3 heteroatoms. The van der Waals surface area contributed by atoms with E-state index in [-0.39, 0.29) is 0 Å². The van der Waals surface area contributed by atoms with Crippen LogP contribution in [-0.4, -0.2) is 30.6 Å². The van der Waals surface area contributed by atoms with E-state index in [0.717, 1.165) is 19.6 Å². The average molecular weight is 307 g/mol. The maximum absolute atomic E-state index is 5.89. The van der Waals surface area contributed by atoms with Gasteiger partial charge >= 0.3 is 0 Å². The molecule has 0 aliphatic carbocycles. The molecule has 1 N–H and O–H groups in total. The van der Waals surface area contributed by atoms with Gasteiger partial charge in [-0.1, -0.05) is 62.2 Å². The SMILES string of the molecule is CCC(C)C1CN(C/C(C)=C/Cl)C(c2ccccc2)CN1. The molecule has 21 heavy (non-hydrogen) atoms. The van der Waals surface area contributed by atoms with Crippen LogP contribution in [0.3, 0.4) is 0 Å². The summed E-state index contributed by atoms with van der Waals surface area (Å²) >= 11 is 5.89. The van der Waals surface area contributed by atoms with Crippen molar-refractivity contribution in [2.75, 3.05) is 19.6 Å². The number of nitrogens with zero attached hydrogens (tertiary/aromatic N) is 1. The summed E-state index contributed by atoms with van der Waals surface area (Å²) in [5.41, 5.74) is 4.32. The van der Waals surface area contributed by atoms with E-state index in [9.17, 15) is 0 Å². The summed E-state index contributed by atoms with van der Waals surface area (Å²) in [5.74, 6) is 0.699. The number of nitrogens with one attached hydrogen (secondary N) is 1. The van der Waals surface area contributed by atoms with Crippen LogP contribution in [0.5, 0.6) is 0 Å². The van der Waals surface area contributed by atoms with Crippen molar-refractivity contribution in [3.8, 4) is 0 Å². The Morgan fingerprint density at radius 2 is 2.14 bits per heavy atom. The monoisotopic (exact) mass is 306 g/mol. The predicted molar refractivity (Wildman–Crippen MR) is 91.6 cm³/mol. The average Bonchev–Trinajstić information content (AvgIpc) is 2.54. The highest BCUT2D eigenvalue weighted by Crippen LogP contribution is 2.26. The molecule has 1 saturated heterocycles. The molecule has 0 saturated carbocycles. The Balaban J connectivity index is 2.16. The summed E-state index contributed by atoms with van der Waals surface area (Å²) < 4.78 is 0. The van der Waals surface area contributed by atoms with Gasteiger partial charge in [0.1, 0.15) is 0 Å². The largest absolute Gasteiger partial charge is 0.311 e. The molecule has 1 aromatic carbocycles. The normalized spacial score (nSPS) is 25.8. The molecule has 1 aliphatic rings. The lowest BCUT2D eigenvalue weighted by Gasteiger charge is -2.42. The molecule has 2 nitrogen and oxygen atoms in total. The van der Waals surface area contributed by atoms with E-state index in [4.69, 9.17) is 11.6 Å². The lowest BCUT2D eigenvalue weighted by Crippen LogP contribution is -2.54. The van der Waals surface area contributed by atoms with Crippen molar-refractivity contribution in [2.24, 2.45) is 5.92 Å². The molecule has 116 valence electrons. The summed E-state index contributed by atoms with van der Waals surface area (Å²) in [6.07, 6.45) is 1.21. The first kappa shape index (κ1) is 16.5. The molecule has 3 unspecified atom stereocenters. The zero-order valence-corrected chi connectivity index (χ0v) is 14.1. The highest BCUT2D eigenvalue weighted by atomic mass is 35.5. The molecule has 0 bridgehead atoms. The fourth-order valence-corrected chi connectivity index (χ4v) is 3.10. The molecule has 0 radical (unpaired) electrons. The number of rotatable bonds is 5. The molecule has 3 atom stereocenters. The van der Waals surface area contributed by atoms with E-state index < -0.39 is 0 Å². The lowest BCUT2D eigenvalue weighted by atomic mass is 9.93. The molecule has 2 rings (SSSR count). The van der Waals surface area contributed by atoms with Crippen LogP contribution in [0, 0.1) is 5.92 Å². The van der Waals surface area contributed by atoms with Crippen LogP contribution in [0.15, 0.2) is 41.4 Å². The van der Waals surface area contributed by atoms with E-state index in [0.29, 0.717) is 18.0 Å². The highest BCUT2D eigenvalue weighted by molar-refractivity contribution is 6.25. The van der Waals surface area contributed by atoms with Crippen LogP contribution in [0.2, 0.25) is 0 Å². The van der Waals surface area contributed by atoms with Gasteiger partial charge in [-0.2, -0.15) is 0 Å². The maximum Gasteiger partial charge on any atom is 0.0476 e. The third-order valence-electron chi connectivity index (χ3n) is 4.60. The van der Waals surface area contributed by atoms with Gasteiger partial charge in [0, 0.05) is 37.3 Å². The van der Waals surface area contributed by atoms with E-state index in [1.54, 1.807) is 5.54 Å². The van der Waals surface area contributed by atoms with E-state index in [2.05, 4.69) is 61.3 Å². The number of hydrogen-bond acceptors (Lipinski definition) is 2. The number of halogens is 1. The van der Waals surface area contributed by atoms with Gasteiger partial charge in [-0.05, 0) is 24.0 Å². The molecule has 1 fully saturated rings. The van der Waals surface area contributed by atoms with Gasteiger partial charge in [0.2, 0.25) is 0 Å². The first-order chi connectivity index (χ1) is 10.2. The van der Waals surface area contributed by atoms with Gasteiger partial charge in [-0.3, -0.25) is 4.90 Å². The Hall–Kier alpha value is -0.830. The van der Waals surface area contributed by atoms with Crippen molar-refractivity contribution >= 4 is 11.6 Å². The third kappa shape index (κ3) is 4.32. The Kier molecular flexibility index (Phi) is 6.28. The molecular formula is C18H27ClN2.